The average molecular weight is 279 g/mol. The van der Waals surface area contributed by atoms with Gasteiger partial charge in [0.1, 0.15) is 0 Å². The molecule has 0 bridgehead atoms. The van der Waals surface area contributed by atoms with Crippen LogP contribution in [0.4, 0.5) is 0 Å². The topological polar surface area (TPSA) is 58.4 Å². The minimum Gasteiger partial charge on any atom is -0.481 e. The molecule has 5 nitrogen and oxygen atoms in total. The number of carbonyl (C=O) groups is 1. The van der Waals surface area contributed by atoms with Gasteiger partial charge in [-0.15, -0.1) is 0 Å². The molecule has 20 heavy (non-hydrogen) atoms. The van der Waals surface area contributed by atoms with Crippen molar-refractivity contribution in [2.45, 2.75) is 64.6 Å². The van der Waals surface area contributed by atoms with Crippen molar-refractivity contribution in [1.29, 1.82) is 0 Å². The van der Waals surface area contributed by atoms with Crippen molar-refractivity contribution in [2.75, 3.05) is 6.54 Å². The first-order chi connectivity index (χ1) is 9.61. The minimum absolute atomic E-state index is 0.266. The molecule has 1 saturated heterocycles. The second kappa shape index (κ2) is 6.88. The maximum Gasteiger partial charge on any atom is 0.303 e. The Morgan fingerprint density at radius 1 is 1.55 bits per heavy atom. The third-order valence-electron chi connectivity index (χ3n) is 4.32. The summed E-state index contributed by atoms with van der Waals surface area (Å²) >= 11 is 0. The lowest BCUT2D eigenvalue weighted by Crippen LogP contribution is -2.41. The molecular weight excluding hydrogens is 254 g/mol. The maximum atomic E-state index is 10.8. The van der Waals surface area contributed by atoms with Gasteiger partial charge in [-0.25, -0.2) is 0 Å². The second-order valence-corrected chi connectivity index (χ2v) is 5.63. The normalized spacial score (nSPS) is 21.8. The molecule has 0 spiro atoms. The van der Waals surface area contributed by atoms with Crippen LogP contribution in [0.5, 0.6) is 0 Å². The predicted molar refractivity (Wildman–Crippen MR) is 77.5 cm³/mol. The van der Waals surface area contributed by atoms with E-state index in [4.69, 9.17) is 5.11 Å². The number of aliphatic carboxylic acids is 1. The Morgan fingerprint density at radius 2 is 2.35 bits per heavy atom. The van der Waals surface area contributed by atoms with Crippen LogP contribution < -0.4 is 0 Å². The van der Waals surface area contributed by atoms with E-state index in [0.29, 0.717) is 12.1 Å². The summed E-state index contributed by atoms with van der Waals surface area (Å²) in [6, 6.07) is 0.703. The fraction of sp³-hybridized carbons (Fsp3) is 0.733. The first-order valence-electron chi connectivity index (χ1n) is 7.61. The fourth-order valence-corrected chi connectivity index (χ4v) is 3.09. The molecule has 1 aromatic rings. The van der Waals surface area contributed by atoms with Crippen LogP contribution in [0.2, 0.25) is 0 Å². The summed E-state index contributed by atoms with van der Waals surface area (Å²) in [6.07, 6.45) is 8.59. The zero-order valence-electron chi connectivity index (χ0n) is 12.5. The van der Waals surface area contributed by atoms with Gasteiger partial charge in [0, 0.05) is 36.8 Å². The Balaban J connectivity index is 2.04. The molecule has 1 fully saturated rings. The quantitative estimate of drug-likeness (QED) is 0.869. The summed E-state index contributed by atoms with van der Waals surface area (Å²) in [4.78, 5) is 13.3. The van der Waals surface area contributed by atoms with E-state index in [9.17, 15) is 4.79 Å². The number of hydrogen-bond acceptors (Lipinski definition) is 3. The number of likely N-dealkylation sites (tertiary alicyclic amines) is 1. The van der Waals surface area contributed by atoms with E-state index in [2.05, 4.69) is 30.0 Å². The maximum absolute atomic E-state index is 10.8. The molecular formula is C15H25N3O2. The number of carboxylic acid groups (broad SMARTS) is 1. The van der Waals surface area contributed by atoms with Gasteiger partial charge in [-0.3, -0.25) is 14.4 Å². The van der Waals surface area contributed by atoms with Crippen molar-refractivity contribution in [3.8, 4) is 0 Å². The van der Waals surface area contributed by atoms with Gasteiger partial charge in [0.05, 0.1) is 6.20 Å². The highest BCUT2D eigenvalue weighted by Gasteiger charge is 2.28. The van der Waals surface area contributed by atoms with E-state index >= 15 is 0 Å². The molecule has 112 valence electrons. The molecule has 2 heterocycles. The first-order valence-corrected chi connectivity index (χ1v) is 7.61. The lowest BCUT2D eigenvalue weighted by Gasteiger charge is -2.39. The van der Waals surface area contributed by atoms with Gasteiger partial charge in [0.25, 0.3) is 0 Å². The molecule has 2 atom stereocenters. The molecule has 2 unspecified atom stereocenters. The smallest absolute Gasteiger partial charge is 0.303 e. The molecule has 0 amide bonds. The number of carboxylic acids is 1. The van der Waals surface area contributed by atoms with Crippen LogP contribution in [-0.2, 0) is 11.3 Å². The Morgan fingerprint density at radius 3 is 3.00 bits per heavy atom. The van der Waals surface area contributed by atoms with Gasteiger partial charge >= 0.3 is 5.97 Å². The van der Waals surface area contributed by atoms with Crippen LogP contribution in [0.15, 0.2) is 12.4 Å². The summed E-state index contributed by atoms with van der Waals surface area (Å²) in [6.45, 7) is 6.23. The van der Waals surface area contributed by atoms with E-state index in [-0.39, 0.29) is 6.42 Å². The molecule has 0 radical (unpaired) electrons. The van der Waals surface area contributed by atoms with Crippen LogP contribution in [-0.4, -0.2) is 38.3 Å². The highest BCUT2D eigenvalue weighted by Crippen LogP contribution is 2.30. The number of nitrogens with zero attached hydrogens (tertiary/aromatic N) is 3. The third-order valence-corrected chi connectivity index (χ3v) is 4.32. The standard InChI is InChI=1S/C15H25N3O2/c1-3-17-11-13(10-16-17)12(2)18-9-5-4-6-14(18)7-8-15(19)20/h10-12,14H,3-9H2,1-2H3,(H,19,20). The van der Waals surface area contributed by atoms with Gasteiger partial charge in [0.2, 0.25) is 0 Å². The van der Waals surface area contributed by atoms with Crippen LogP contribution in [0.1, 0.15) is 57.6 Å². The van der Waals surface area contributed by atoms with E-state index in [1.54, 1.807) is 0 Å². The Bertz CT molecular complexity index is 444. The zero-order valence-corrected chi connectivity index (χ0v) is 12.5. The van der Waals surface area contributed by atoms with Crippen LogP contribution in [0.3, 0.4) is 0 Å². The van der Waals surface area contributed by atoms with Crippen LogP contribution in [0.25, 0.3) is 0 Å². The molecule has 1 aliphatic heterocycles. The number of aromatic nitrogens is 2. The van der Waals surface area contributed by atoms with Gasteiger partial charge in [-0.2, -0.15) is 5.10 Å². The van der Waals surface area contributed by atoms with Crippen molar-refractivity contribution in [3.63, 3.8) is 0 Å². The fourth-order valence-electron chi connectivity index (χ4n) is 3.09. The number of rotatable bonds is 6. The van der Waals surface area contributed by atoms with Crippen LogP contribution >= 0.6 is 0 Å². The molecule has 0 saturated carbocycles. The van der Waals surface area contributed by atoms with Crippen molar-refractivity contribution in [2.24, 2.45) is 0 Å². The molecule has 0 aromatic carbocycles. The van der Waals surface area contributed by atoms with Crippen molar-refractivity contribution < 1.29 is 9.90 Å². The van der Waals surface area contributed by atoms with Crippen molar-refractivity contribution >= 4 is 5.97 Å². The highest BCUT2D eigenvalue weighted by molar-refractivity contribution is 5.66. The third kappa shape index (κ3) is 3.60. The van der Waals surface area contributed by atoms with Gasteiger partial charge in [0.15, 0.2) is 0 Å². The van der Waals surface area contributed by atoms with Crippen LogP contribution in [0, 0.1) is 0 Å². The summed E-state index contributed by atoms with van der Waals surface area (Å²) in [5.41, 5.74) is 1.23. The van der Waals surface area contributed by atoms with E-state index < -0.39 is 5.97 Å². The largest absolute Gasteiger partial charge is 0.481 e. The molecule has 1 aromatic heterocycles. The highest BCUT2D eigenvalue weighted by atomic mass is 16.4. The van der Waals surface area contributed by atoms with E-state index in [1.165, 1.54) is 18.4 Å². The molecule has 5 heteroatoms. The minimum atomic E-state index is -0.693. The zero-order chi connectivity index (χ0) is 14.5. The Hall–Kier alpha value is -1.36. The summed E-state index contributed by atoms with van der Waals surface area (Å²) in [5, 5.41) is 13.2. The Kier molecular flexibility index (Phi) is 5.17. The number of aryl methyl sites for hydroxylation is 1. The molecule has 1 N–H and O–H groups in total. The summed E-state index contributed by atoms with van der Waals surface area (Å²) < 4.78 is 1.95. The second-order valence-electron chi connectivity index (χ2n) is 5.63. The lowest BCUT2D eigenvalue weighted by atomic mass is 9.95. The van der Waals surface area contributed by atoms with Gasteiger partial charge in [-0.05, 0) is 39.7 Å². The Labute approximate surface area is 120 Å². The van der Waals surface area contributed by atoms with E-state index in [1.807, 2.05) is 10.9 Å². The van der Waals surface area contributed by atoms with E-state index in [0.717, 1.165) is 25.9 Å². The van der Waals surface area contributed by atoms with Crippen molar-refractivity contribution in [1.82, 2.24) is 14.7 Å². The summed E-state index contributed by atoms with van der Waals surface area (Å²) in [7, 11) is 0. The molecule has 0 aliphatic carbocycles. The van der Waals surface area contributed by atoms with Gasteiger partial charge < -0.3 is 5.11 Å². The number of piperidine rings is 1. The number of hydrogen-bond donors (Lipinski definition) is 1. The molecule has 1 aliphatic rings. The van der Waals surface area contributed by atoms with Gasteiger partial charge in [-0.1, -0.05) is 6.42 Å². The molecule has 2 rings (SSSR count). The van der Waals surface area contributed by atoms with Crippen molar-refractivity contribution in [3.05, 3.63) is 18.0 Å². The SMILES string of the molecule is CCn1cc(C(C)N2CCCCC2CCC(=O)O)cn1. The predicted octanol–water partition coefficient (Wildman–Crippen LogP) is 2.68. The lowest BCUT2D eigenvalue weighted by molar-refractivity contribution is -0.137. The average Bonchev–Trinajstić information content (AvgIpc) is 2.93. The first kappa shape index (κ1) is 15.0. The summed E-state index contributed by atoms with van der Waals surface area (Å²) in [5.74, 6) is -0.693. The monoisotopic (exact) mass is 279 g/mol.